The minimum atomic E-state index is -3.41. The van der Waals surface area contributed by atoms with Crippen molar-refractivity contribution in [2.45, 2.75) is 19.1 Å². The van der Waals surface area contributed by atoms with E-state index in [0.717, 1.165) is 19.6 Å². The molecule has 0 saturated carbocycles. The third-order valence-electron chi connectivity index (χ3n) is 3.51. The van der Waals surface area contributed by atoms with Gasteiger partial charge in [-0.25, -0.2) is 27.1 Å². The molecule has 12 heteroatoms. The van der Waals surface area contributed by atoms with Gasteiger partial charge in [0.2, 0.25) is 20.0 Å². The highest BCUT2D eigenvalue weighted by atomic mass is 32.2. The Bertz CT molecular complexity index is 562. The summed E-state index contributed by atoms with van der Waals surface area (Å²) >= 11 is 0. The van der Waals surface area contributed by atoms with Crippen LogP contribution in [0.5, 0.6) is 0 Å². The second-order valence-electron chi connectivity index (χ2n) is 5.74. The third kappa shape index (κ3) is 10.5. The first kappa shape index (κ1) is 21.7. The van der Waals surface area contributed by atoms with Crippen LogP contribution in [-0.2, 0) is 29.5 Å². The van der Waals surface area contributed by atoms with Gasteiger partial charge in [0.15, 0.2) is 0 Å². The van der Waals surface area contributed by atoms with Crippen LogP contribution in [0.2, 0.25) is 0 Å². The van der Waals surface area contributed by atoms with Gasteiger partial charge in [-0.05, 0) is 6.54 Å². The summed E-state index contributed by atoms with van der Waals surface area (Å²) in [7, 11) is -6.80. The molecule has 2 aliphatic rings. The van der Waals surface area contributed by atoms with Crippen LogP contribution in [0, 0.1) is 0 Å². The number of primary sulfonamides is 2. The van der Waals surface area contributed by atoms with Crippen molar-refractivity contribution in [2.24, 2.45) is 10.3 Å². The largest absolute Gasteiger partial charge is 0.374 e. The number of hydrogen-bond donors (Lipinski definition) is 3. The van der Waals surface area contributed by atoms with Gasteiger partial charge in [-0.3, -0.25) is 4.90 Å². The lowest BCUT2D eigenvalue weighted by Crippen LogP contribution is -2.45. The Labute approximate surface area is 143 Å². The summed E-state index contributed by atoms with van der Waals surface area (Å²) in [6.45, 7) is 6.99. The van der Waals surface area contributed by atoms with E-state index in [1.807, 2.05) is 6.92 Å². The van der Waals surface area contributed by atoms with Crippen LogP contribution in [0.4, 0.5) is 0 Å². The second-order valence-corrected chi connectivity index (χ2v) is 9.06. The minimum Gasteiger partial charge on any atom is -0.374 e. The molecular formula is C12H28N4O6S2. The molecule has 0 aromatic rings. The average molecular weight is 389 g/mol. The number of nitrogens with one attached hydrogen (secondary N) is 1. The fraction of sp³-hybridized carbons (Fsp3) is 1.00. The average Bonchev–Trinajstić information content (AvgIpc) is 2.45. The molecule has 0 aromatic heterocycles. The van der Waals surface area contributed by atoms with Gasteiger partial charge >= 0.3 is 0 Å². The summed E-state index contributed by atoms with van der Waals surface area (Å²) in [5.41, 5.74) is 0. The summed E-state index contributed by atoms with van der Waals surface area (Å²) in [6, 6.07) is 0. The van der Waals surface area contributed by atoms with Crippen molar-refractivity contribution < 1.29 is 26.3 Å². The molecule has 0 bridgehead atoms. The van der Waals surface area contributed by atoms with Crippen LogP contribution < -0.4 is 15.6 Å². The number of ether oxygens (including phenoxy) is 2. The number of rotatable bonds is 5. The highest BCUT2D eigenvalue weighted by Gasteiger charge is 2.23. The van der Waals surface area contributed by atoms with E-state index in [1.165, 1.54) is 0 Å². The smallest absolute Gasteiger partial charge is 0.211 e. The van der Waals surface area contributed by atoms with Gasteiger partial charge in [0.1, 0.15) is 0 Å². The Kier molecular flexibility index (Phi) is 9.01. The highest BCUT2D eigenvalue weighted by Crippen LogP contribution is 2.05. The summed E-state index contributed by atoms with van der Waals surface area (Å²) in [4.78, 5) is 2.15. The van der Waals surface area contributed by atoms with Crippen molar-refractivity contribution in [1.29, 1.82) is 0 Å². The molecule has 0 radical (unpaired) electrons. The van der Waals surface area contributed by atoms with E-state index >= 15 is 0 Å². The van der Waals surface area contributed by atoms with Crippen molar-refractivity contribution in [3.63, 3.8) is 0 Å². The molecule has 0 amide bonds. The fourth-order valence-electron chi connectivity index (χ4n) is 2.41. The Morgan fingerprint density at radius 1 is 1.04 bits per heavy atom. The van der Waals surface area contributed by atoms with E-state index < -0.39 is 20.0 Å². The molecule has 0 aromatic carbocycles. The quantitative estimate of drug-likeness (QED) is 0.458. The van der Waals surface area contributed by atoms with Crippen LogP contribution in [0.3, 0.4) is 0 Å². The van der Waals surface area contributed by atoms with E-state index in [1.54, 1.807) is 0 Å². The van der Waals surface area contributed by atoms with E-state index in [4.69, 9.17) is 19.8 Å². The lowest BCUT2D eigenvalue weighted by Gasteiger charge is -2.31. The van der Waals surface area contributed by atoms with Crippen LogP contribution in [0.1, 0.15) is 6.92 Å². The highest BCUT2D eigenvalue weighted by molar-refractivity contribution is 7.89. The SMILES string of the molecule is CCN1CCOC(CS(N)(=O)=O)C1.NS(=O)(=O)CC1CNCCO1. The zero-order chi connectivity index (χ0) is 18.2. The lowest BCUT2D eigenvalue weighted by molar-refractivity contribution is -0.0145. The zero-order valence-electron chi connectivity index (χ0n) is 13.9. The maximum Gasteiger partial charge on any atom is 0.211 e. The topological polar surface area (TPSA) is 154 Å². The van der Waals surface area contributed by atoms with Crippen LogP contribution in [0.25, 0.3) is 0 Å². The Hall–Kier alpha value is -0.340. The zero-order valence-corrected chi connectivity index (χ0v) is 15.5. The first-order chi connectivity index (χ1) is 11.1. The Morgan fingerprint density at radius 2 is 1.62 bits per heavy atom. The molecule has 0 aliphatic carbocycles. The number of sulfonamides is 2. The van der Waals surface area contributed by atoms with E-state index in [2.05, 4.69) is 10.2 Å². The molecule has 2 rings (SSSR count). The maximum atomic E-state index is 10.8. The number of hydrogen-bond acceptors (Lipinski definition) is 8. The minimum absolute atomic E-state index is 0.0799. The van der Waals surface area contributed by atoms with Crippen molar-refractivity contribution >= 4 is 20.0 Å². The van der Waals surface area contributed by atoms with Gasteiger partial charge in [0, 0.05) is 26.2 Å². The monoisotopic (exact) mass is 388 g/mol. The summed E-state index contributed by atoms with van der Waals surface area (Å²) in [5, 5.41) is 12.8. The van der Waals surface area contributed by atoms with E-state index in [0.29, 0.717) is 26.3 Å². The van der Waals surface area contributed by atoms with Crippen molar-refractivity contribution in [1.82, 2.24) is 10.2 Å². The van der Waals surface area contributed by atoms with Gasteiger partial charge in [-0.2, -0.15) is 0 Å². The lowest BCUT2D eigenvalue weighted by atomic mass is 10.3. The number of morpholine rings is 2. The van der Waals surface area contributed by atoms with E-state index in [9.17, 15) is 16.8 Å². The molecular weight excluding hydrogens is 360 g/mol. The number of likely N-dealkylation sites (N-methyl/N-ethyl adjacent to an activating group) is 1. The molecule has 10 nitrogen and oxygen atoms in total. The molecule has 2 heterocycles. The van der Waals surface area contributed by atoms with Crippen molar-refractivity contribution in [2.75, 3.05) is 57.4 Å². The molecule has 0 spiro atoms. The Morgan fingerprint density at radius 3 is 2.12 bits per heavy atom. The van der Waals surface area contributed by atoms with Crippen LogP contribution in [-0.4, -0.2) is 91.4 Å². The van der Waals surface area contributed by atoms with Gasteiger partial charge in [0.25, 0.3) is 0 Å². The third-order valence-corrected chi connectivity index (χ3v) is 5.18. The summed E-state index contributed by atoms with van der Waals surface area (Å²) < 4.78 is 53.1. The van der Waals surface area contributed by atoms with E-state index in [-0.39, 0.29) is 23.7 Å². The summed E-state index contributed by atoms with van der Waals surface area (Å²) in [5.74, 6) is -0.177. The number of nitrogens with zero attached hydrogens (tertiary/aromatic N) is 1. The molecule has 24 heavy (non-hydrogen) atoms. The molecule has 2 unspecified atom stereocenters. The number of nitrogens with two attached hydrogens (primary N) is 2. The first-order valence-corrected chi connectivity index (χ1v) is 11.2. The normalized spacial score (nSPS) is 26.5. The van der Waals surface area contributed by atoms with Crippen molar-refractivity contribution in [3.05, 3.63) is 0 Å². The standard InChI is InChI=1S/C7H16N2O3S.C5H12N2O3S/c1-2-9-3-4-12-7(5-9)6-13(8,10)11;6-11(8,9)4-5-3-7-1-2-10-5/h7H,2-6H2,1H3,(H2,8,10,11);5,7H,1-4H2,(H2,6,8,9). The molecule has 2 fully saturated rings. The van der Waals surface area contributed by atoms with Crippen LogP contribution in [0.15, 0.2) is 0 Å². The molecule has 2 saturated heterocycles. The first-order valence-electron chi connectivity index (χ1n) is 7.76. The molecule has 2 aliphatic heterocycles. The van der Waals surface area contributed by atoms with Gasteiger partial charge in [-0.1, -0.05) is 6.92 Å². The predicted molar refractivity (Wildman–Crippen MR) is 90.4 cm³/mol. The van der Waals surface area contributed by atoms with Gasteiger partial charge in [-0.15, -0.1) is 0 Å². The predicted octanol–water partition coefficient (Wildman–Crippen LogP) is -2.74. The fourth-order valence-corrected chi connectivity index (χ4v) is 3.87. The molecule has 144 valence electrons. The van der Waals surface area contributed by atoms with Gasteiger partial charge in [0.05, 0.1) is 36.9 Å². The molecule has 2 atom stereocenters. The maximum absolute atomic E-state index is 10.8. The summed E-state index contributed by atoms with van der Waals surface area (Å²) in [6.07, 6.45) is -0.539. The molecule has 5 N–H and O–H groups in total. The van der Waals surface area contributed by atoms with Crippen molar-refractivity contribution in [3.8, 4) is 0 Å². The second kappa shape index (κ2) is 9.97. The van der Waals surface area contributed by atoms with Crippen LogP contribution >= 0.6 is 0 Å². The Balaban J connectivity index is 0.000000243. The van der Waals surface area contributed by atoms with Gasteiger partial charge < -0.3 is 14.8 Å².